The third kappa shape index (κ3) is 5.51. The van der Waals surface area contributed by atoms with E-state index in [2.05, 4.69) is 11.8 Å². The van der Waals surface area contributed by atoms with Gasteiger partial charge in [-0.05, 0) is 68.4 Å². The lowest BCUT2D eigenvalue weighted by Gasteiger charge is -2.33. The first-order chi connectivity index (χ1) is 16.1. The van der Waals surface area contributed by atoms with Crippen molar-refractivity contribution in [2.45, 2.75) is 62.9 Å². The molecule has 0 aliphatic heterocycles. The fourth-order valence-corrected chi connectivity index (χ4v) is 4.82. The number of aliphatic hydroxyl groups excluding tert-OH is 1. The van der Waals surface area contributed by atoms with Crippen molar-refractivity contribution < 1.29 is 24.1 Å². The zero-order valence-corrected chi connectivity index (χ0v) is 19.3. The molecule has 0 heterocycles. The summed E-state index contributed by atoms with van der Waals surface area (Å²) in [6.07, 6.45) is 7.29. The zero-order valence-electron chi connectivity index (χ0n) is 19.3. The van der Waals surface area contributed by atoms with Gasteiger partial charge in [0.05, 0.1) is 30.8 Å². The van der Waals surface area contributed by atoms with E-state index < -0.39 is 5.41 Å². The third-order valence-corrected chi connectivity index (χ3v) is 6.54. The van der Waals surface area contributed by atoms with Gasteiger partial charge in [0.15, 0.2) is 11.5 Å². The van der Waals surface area contributed by atoms with Crippen LogP contribution in [0.2, 0.25) is 0 Å². The molecule has 0 saturated heterocycles. The molecule has 33 heavy (non-hydrogen) atoms. The quantitative estimate of drug-likeness (QED) is 0.615. The molecule has 2 aromatic carbocycles. The van der Waals surface area contributed by atoms with Crippen molar-refractivity contribution in [1.82, 2.24) is 0 Å². The van der Waals surface area contributed by atoms with Crippen molar-refractivity contribution >= 4 is 5.78 Å². The molecule has 2 aromatic rings. The maximum Gasteiger partial charge on any atom is 0.161 e. The van der Waals surface area contributed by atoms with Crippen molar-refractivity contribution in [3.05, 3.63) is 53.6 Å². The Bertz CT molecular complexity index is 1030. The van der Waals surface area contributed by atoms with Crippen LogP contribution in [0.1, 0.15) is 62.5 Å². The van der Waals surface area contributed by atoms with Gasteiger partial charge in [0, 0.05) is 12.8 Å². The second kappa shape index (κ2) is 10.8. The first-order valence-electron chi connectivity index (χ1n) is 11.9. The molecular formula is C28H32O5. The van der Waals surface area contributed by atoms with Crippen LogP contribution in [0.4, 0.5) is 0 Å². The zero-order chi connectivity index (χ0) is 23.1. The van der Waals surface area contributed by atoms with Crippen LogP contribution in [0.5, 0.6) is 17.2 Å². The number of methoxy groups -OCH3 is 1. The predicted octanol–water partition coefficient (Wildman–Crippen LogP) is 4.82. The van der Waals surface area contributed by atoms with Gasteiger partial charge in [0.25, 0.3) is 0 Å². The highest BCUT2D eigenvalue weighted by molar-refractivity contribution is 5.82. The molecule has 1 N–H and O–H groups in total. The molecule has 0 spiro atoms. The van der Waals surface area contributed by atoms with Crippen LogP contribution in [-0.2, 0) is 10.2 Å². The van der Waals surface area contributed by atoms with Crippen LogP contribution < -0.4 is 14.2 Å². The molecule has 2 fully saturated rings. The maximum absolute atomic E-state index is 12.6. The van der Waals surface area contributed by atoms with Crippen molar-refractivity contribution in [1.29, 1.82) is 0 Å². The number of ketones is 1. The normalized spacial score (nSPS) is 20.7. The van der Waals surface area contributed by atoms with Crippen molar-refractivity contribution in [3.63, 3.8) is 0 Å². The Morgan fingerprint density at radius 1 is 1.06 bits per heavy atom. The fourth-order valence-electron chi connectivity index (χ4n) is 4.82. The number of carbonyl (C=O) groups is 1. The van der Waals surface area contributed by atoms with Crippen molar-refractivity contribution in [2.24, 2.45) is 0 Å². The first kappa shape index (κ1) is 23.2. The molecular weight excluding hydrogens is 416 g/mol. The van der Waals surface area contributed by atoms with Crippen LogP contribution in [0.15, 0.2) is 42.5 Å². The van der Waals surface area contributed by atoms with Gasteiger partial charge in [-0.25, -0.2) is 0 Å². The standard InChI is InChI=1S/C28H32O5/c1-31-26-13-12-22(19-27(26)33-24-9-3-4-10-24)28(15-6-8-23(30)20-28)16-14-21-7-2-5-11-25(21)32-18-17-29/h2,5,7,11-13,19,24,29H,3-4,6,8-10,15,17-18,20H2,1H3. The summed E-state index contributed by atoms with van der Waals surface area (Å²) in [6, 6.07) is 13.5. The minimum atomic E-state index is -0.584. The van der Waals surface area contributed by atoms with Gasteiger partial charge in [-0.1, -0.05) is 30.0 Å². The SMILES string of the molecule is COc1ccc(C2(C#Cc3ccccc3OCCO)CCCC(=O)C2)cc1OC1CCCC1. The molecule has 0 radical (unpaired) electrons. The van der Waals surface area contributed by atoms with Crippen molar-refractivity contribution in [3.8, 4) is 29.1 Å². The van der Waals surface area contributed by atoms with Gasteiger partial charge in [-0.3, -0.25) is 4.79 Å². The smallest absolute Gasteiger partial charge is 0.161 e. The highest BCUT2D eigenvalue weighted by Gasteiger charge is 2.37. The molecule has 2 saturated carbocycles. The Hall–Kier alpha value is -2.97. The number of benzene rings is 2. The molecule has 0 amide bonds. The van der Waals surface area contributed by atoms with Gasteiger partial charge in [0.2, 0.25) is 0 Å². The van der Waals surface area contributed by atoms with E-state index in [1.165, 1.54) is 12.8 Å². The third-order valence-electron chi connectivity index (χ3n) is 6.54. The predicted molar refractivity (Wildman–Crippen MR) is 127 cm³/mol. The highest BCUT2D eigenvalue weighted by Crippen LogP contribution is 2.42. The summed E-state index contributed by atoms with van der Waals surface area (Å²) in [7, 11) is 1.65. The summed E-state index contributed by atoms with van der Waals surface area (Å²) in [5, 5.41) is 9.12. The van der Waals surface area contributed by atoms with E-state index >= 15 is 0 Å². The molecule has 2 aliphatic rings. The van der Waals surface area contributed by atoms with Crippen LogP contribution >= 0.6 is 0 Å². The van der Waals surface area contributed by atoms with E-state index in [0.717, 1.165) is 42.6 Å². The summed E-state index contributed by atoms with van der Waals surface area (Å²) in [4.78, 5) is 12.6. The molecule has 1 unspecified atom stereocenters. The number of Topliss-reactive ketones (excluding diaryl/α,β-unsaturated/α-hetero) is 1. The number of ether oxygens (including phenoxy) is 3. The van der Waals surface area contributed by atoms with Gasteiger partial charge >= 0.3 is 0 Å². The van der Waals surface area contributed by atoms with Crippen LogP contribution in [-0.4, -0.2) is 37.3 Å². The Balaban J connectivity index is 1.72. The summed E-state index contributed by atoms with van der Waals surface area (Å²) in [6.45, 7) is 0.151. The van der Waals surface area contributed by atoms with E-state index in [9.17, 15) is 4.79 Å². The molecule has 2 aliphatic carbocycles. The lowest BCUT2D eigenvalue weighted by molar-refractivity contribution is -0.121. The summed E-state index contributed by atoms with van der Waals surface area (Å²) in [5.41, 5.74) is 1.16. The topological polar surface area (TPSA) is 65.0 Å². The Morgan fingerprint density at radius 2 is 1.88 bits per heavy atom. The fraction of sp³-hybridized carbons (Fsp3) is 0.464. The molecule has 5 heteroatoms. The number of hydrogen-bond donors (Lipinski definition) is 1. The van der Waals surface area contributed by atoms with Crippen LogP contribution in [0.3, 0.4) is 0 Å². The molecule has 5 nitrogen and oxygen atoms in total. The van der Waals surface area contributed by atoms with E-state index in [4.69, 9.17) is 19.3 Å². The largest absolute Gasteiger partial charge is 0.493 e. The summed E-state index contributed by atoms with van der Waals surface area (Å²) < 4.78 is 17.5. The number of hydrogen-bond acceptors (Lipinski definition) is 5. The number of rotatable bonds is 7. The lowest BCUT2D eigenvalue weighted by atomic mass is 9.69. The van der Waals surface area contributed by atoms with Gasteiger partial charge in [0.1, 0.15) is 18.1 Å². The van der Waals surface area contributed by atoms with E-state index in [1.807, 2.05) is 42.5 Å². The minimum absolute atomic E-state index is 0.0597. The number of aliphatic hydroxyl groups is 1. The van der Waals surface area contributed by atoms with E-state index in [0.29, 0.717) is 24.3 Å². The molecule has 0 bridgehead atoms. The second-order valence-electron chi connectivity index (χ2n) is 8.86. The van der Waals surface area contributed by atoms with E-state index in [-0.39, 0.29) is 25.1 Å². The Morgan fingerprint density at radius 3 is 2.64 bits per heavy atom. The summed E-state index contributed by atoms with van der Waals surface area (Å²) in [5.74, 6) is 9.06. The van der Waals surface area contributed by atoms with E-state index in [1.54, 1.807) is 7.11 Å². The van der Waals surface area contributed by atoms with Crippen LogP contribution in [0.25, 0.3) is 0 Å². The molecule has 0 aromatic heterocycles. The van der Waals surface area contributed by atoms with Gasteiger partial charge in [-0.15, -0.1) is 0 Å². The maximum atomic E-state index is 12.6. The molecule has 1 atom stereocenters. The summed E-state index contributed by atoms with van der Waals surface area (Å²) >= 11 is 0. The Kier molecular flexibility index (Phi) is 7.57. The first-order valence-corrected chi connectivity index (χ1v) is 11.9. The molecule has 174 valence electrons. The molecule has 4 rings (SSSR count). The van der Waals surface area contributed by atoms with Gasteiger partial charge in [-0.2, -0.15) is 0 Å². The number of para-hydroxylation sites is 1. The average molecular weight is 449 g/mol. The lowest BCUT2D eigenvalue weighted by Crippen LogP contribution is -2.32. The monoisotopic (exact) mass is 448 g/mol. The Labute approximate surface area is 196 Å². The van der Waals surface area contributed by atoms with Crippen molar-refractivity contribution in [2.75, 3.05) is 20.3 Å². The highest BCUT2D eigenvalue weighted by atomic mass is 16.5. The minimum Gasteiger partial charge on any atom is -0.493 e. The number of carbonyl (C=O) groups excluding carboxylic acids is 1. The van der Waals surface area contributed by atoms with Crippen LogP contribution in [0, 0.1) is 11.8 Å². The van der Waals surface area contributed by atoms with Gasteiger partial charge < -0.3 is 19.3 Å². The average Bonchev–Trinajstić information content (AvgIpc) is 3.35. The second-order valence-corrected chi connectivity index (χ2v) is 8.86.